The van der Waals surface area contributed by atoms with Crippen LogP contribution in [0.5, 0.6) is 0 Å². The van der Waals surface area contributed by atoms with Gasteiger partial charge >= 0.3 is 5.97 Å². The van der Waals surface area contributed by atoms with E-state index in [1.807, 2.05) is 22.4 Å². The lowest BCUT2D eigenvalue weighted by molar-refractivity contribution is -0.133. The molecule has 8 heteroatoms. The van der Waals surface area contributed by atoms with Crippen molar-refractivity contribution in [1.82, 2.24) is 24.3 Å². The third-order valence-electron chi connectivity index (χ3n) is 3.07. The quantitative estimate of drug-likeness (QED) is 0.742. The third-order valence-corrected chi connectivity index (χ3v) is 4.02. The molecule has 0 atom stereocenters. The number of aliphatic carboxylic acids is 1. The Labute approximate surface area is 127 Å². The van der Waals surface area contributed by atoms with Crippen LogP contribution in [0.3, 0.4) is 0 Å². The van der Waals surface area contributed by atoms with Gasteiger partial charge in [0.2, 0.25) is 0 Å². The molecular formula is C13H19N5O2S. The monoisotopic (exact) mass is 309 g/mol. The standard InChI is InChI=1S/C13H19N5O2S/c1-3-4-11-15-16-13(21-9-12(19)20)18(11)7-5-10-14-6-8-17(10)2/h6,8H,3-5,7,9H2,1-2H3,(H,19,20). The highest BCUT2D eigenvalue weighted by atomic mass is 32.2. The van der Waals surface area contributed by atoms with Crippen molar-refractivity contribution in [3.63, 3.8) is 0 Å². The van der Waals surface area contributed by atoms with E-state index < -0.39 is 5.97 Å². The fourth-order valence-electron chi connectivity index (χ4n) is 2.03. The molecule has 114 valence electrons. The summed E-state index contributed by atoms with van der Waals surface area (Å²) in [5.41, 5.74) is 0. The SMILES string of the molecule is CCCc1nnc(SCC(=O)O)n1CCc1nccn1C. The van der Waals surface area contributed by atoms with Crippen molar-refractivity contribution < 1.29 is 9.90 Å². The Morgan fingerprint density at radius 2 is 2.14 bits per heavy atom. The summed E-state index contributed by atoms with van der Waals surface area (Å²) in [4.78, 5) is 15.0. The molecule has 0 unspecified atom stereocenters. The highest BCUT2D eigenvalue weighted by molar-refractivity contribution is 7.99. The van der Waals surface area contributed by atoms with Crippen LogP contribution in [0.4, 0.5) is 0 Å². The van der Waals surface area contributed by atoms with Crippen LogP contribution in [0, 0.1) is 0 Å². The highest BCUT2D eigenvalue weighted by Crippen LogP contribution is 2.18. The van der Waals surface area contributed by atoms with E-state index in [0.29, 0.717) is 11.7 Å². The van der Waals surface area contributed by atoms with Gasteiger partial charge in [0.15, 0.2) is 5.16 Å². The molecule has 2 heterocycles. The van der Waals surface area contributed by atoms with Crippen LogP contribution in [0.1, 0.15) is 25.0 Å². The first kappa shape index (κ1) is 15.6. The Kier molecular flexibility index (Phi) is 5.38. The van der Waals surface area contributed by atoms with E-state index in [0.717, 1.165) is 30.9 Å². The van der Waals surface area contributed by atoms with Crippen molar-refractivity contribution in [2.45, 2.75) is 37.9 Å². The predicted molar refractivity (Wildman–Crippen MR) is 79.3 cm³/mol. The van der Waals surface area contributed by atoms with Crippen LogP contribution in [-0.2, 0) is 31.2 Å². The number of aryl methyl sites for hydroxylation is 3. The largest absolute Gasteiger partial charge is 0.481 e. The Balaban J connectivity index is 2.11. The van der Waals surface area contributed by atoms with Gasteiger partial charge in [0.25, 0.3) is 0 Å². The van der Waals surface area contributed by atoms with Gasteiger partial charge in [0.05, 0.1) is 5.75 Å². The zero-order valence-electron chi connectivity index (χ0n) is 12.2. The zero-order chi connectivity index (χ0) is 15.2. The van der Waals surface area contributed by atoms with Crippen molar-refractivity contribution >= 4 is 17.7 Å². The summed E-state index contributed by atoms with van der Waals surface area (Å²) in [6.45, 7) is 2.79. The van der Waals surface area contributed by atoms with Crippen molar-refractivity contribution in [3.05, 3.63) is 24.0 Å². The minimum atomic E-state index is -0.851. The third kappa shape index (κ3) is 4.07. The molecule has 0 aliphatic rings. The maximum Gasteiger partial charge on any atom is 0.313 e. The first-order chi connectivity index (χ1) is 10.1. The number of rotatable bonds is 8. The molecule has 1 N–H and O–H groups in total. The van der Waals surface area contributed by atoms with Crippen LogP contribution >= 0.6 is 11.8 Å². The second-order valence-electron chi connectivity index (χ2n) is 4.69. The number of aromatic nitrogens is 5. The van der Waals surface area contributed by atoms with Crippen molar-refractivity contribution in [1.29, 1.82) is 0 Å². The van der Waals surface area contributed by atoms with Crippen LogP contribution in [0.2, 0.25) is 0 Å². The Morgan fingerprint density at radius 3 is 2.76 bits per heavy atom. The van der Waals surface area contributed by atoms with Gasteiger partial charge in [0, 0.05) is 38.8 Å². The van der Waals surface area contributed by atoms with Gasteiger partial charge in [-0.2, -0.15) is 0 Å². The molecule has 0 aliphatic heterocycles. The van der Waals surface area contributed by atoms with E-state index in [1.165, 1.54) is 11.8 Å². The summed E-state index contributed by atoms with van der Waals surface area (Å²) in [5, 5.41) is 17.8. The first-order valence-electron chi connectivity index (χ1n) is 6.84. The van der Waals surface area contributed by atoms with Crippen LogP contribution < -0.4 is 0 Å². The van der Waals surface area contributed by atoms with Gasteiger partial charge in [-0.15, -0.1) is 10.2 Å². The van der Waals surface area contributed by atoms with Crippen molar-refractivity contribution in [2.24, 2.45) is 7.05 Å². The van der Waals surface area contributed by atoms with Crippen LogP contribution in [0.25, 0.3) is 0 Å². The van der Waals surface area contributed by atoms with Gasteiger partial charge in [-0.25, -0.2) is 4.98 Å². The number of hydrogen-bond acceptors (Lipinski definition) is 5. The number of carboxylic acids is 1. The Hall–Kier alpha value is -1.83. The summed E-state index contributed by atoms with van der Waals surface area (Å²) >= 11 is 1.21. The lowest BCUT2D eigenvalue weighted by Gasteiger charge is -2.09. The lowest BCUT2D eigenvalue weighted by Crippen LogP contribution is -2.11. The zero-order valence-corrected chi connectivity index (χ0v) is 13.0. The number of thioether (sulfide) groups is 1. The normalized spacial score (nSPS) is 11.0. The second-order valence-corrected chi connectivity index (χ2v) is 5.63. The summed E-state index contributed by atoms with van der Waals surface area (Å²) in [6, 6.07) is 0. The molecule has 0 saturated carbocycles. The van der Waals surface area contributed by atoms with Gasteiger partial charge < -0.3 is 14.2 Å². The summed E-state index contributed by atoms with van der Waals surface area (Å²) in [7, 11) is 1.96. The fourth-order valence-corrected chi connectivity index (χ4v) is 2.74. The smallest absolute Gasteiger partial charge is 0.313 e. The number of imidazole rings is 1. The first-order valence-corrected chi connectivity index (χ1v) is 7.83. The minimum Gasteiger partial charge on any atom is -0.481 e. The van der Waals surface area contributed by atoms with E-state index in [9.17, 15) is 4.79 Å². The fraction of sp³-hybridized carbons (Fsp3) is 0.538. The van der Waals surface area contributed by atoms with E-state index in [2.05, 4.69) is 22.1 Å². The molecule has 2 aromatic heterocycles. The maximum absolute atomic E-state index is 10.7. The summed E-state index contributed by atoms with van der Waals surface area (Å²) < 4.78 is 3.99. The Morgan fingerprint density at radius 1 is 1.33 bits per heavy atom. The number of hydrogen-bond donors (Lipinski definition) is 1. The summed E-state index contributed by atoms with van der Waals surface area (Å²) in [6.07, 6.45) is 6.26. The van der Waals surface area contributed by atoms with Gasteiger partial charge in [-0.3, -0.25) is 4.79 Å². The molecule has 2 rings (SSSR count). The van der Waals surface area contributed by atoms with E-state index >= 15 is 0 Å². The second kappa shape index (κ2) is 7.26. The predicted octanol–water partition coefficient (Wildman–Crippen LogP) is 1.38. The van der Waals surface area contributed by atoms with Gasteiger partial charge in [-0.05, 0) is 6.42 Å². The van der Waals surface area contributed by atoms with Crippen LogP contribution in [-0.4, -0.2) is 41.1 Å². The topological polar surface area (TPSA) is 85.8 Å². The number of nitrogens with zero attached hydrogens (tertiary/aromatic N) is 5. The molecule has 0 radical (unpaired) electrons. The van der Waals surface area contributed by atoms with E-state index in [-0.39, 0.29) is 5.75 Å². The highest BCUT2D eigenvalue weighted by Gasteiger charge is 2.14. The molecule has 0 saturated heterocycles. The van der Waals surface area contributed by atoms with Gasteiger partial charge in [-0.1, -0.05) is 18.7 Å². The molecule has 0 aromatic carbocycles. The average molecular weight is 309 g/mol. The molecule has 0 amide bonds. The molecule has 2 aromatic rings. The molecule has 7 nitrogen and oxygen atoms in total. The lowest BCUT2D eigenvalue weighted by atomic mass is 10.3. The Bertz CT molecular complexity index is 607. The average Bonchev–Trinajstić information content (AvgIpc) is 3.01. The van der Waals surface area contributed by atoms with Crippen LogP contribution in [0.15, 0.2) is 17.6 Å². The molecular weight excluding hydrogens is 290 g/mol. The maximum atomic E-state index is 10.7. The molecule has 0 spiro atoms. The van der Waals surface area contributed by atoms with Crippen molar-refractivity contribution in [3.8, 4) is 0 Å². The molecule has 0 aliphatic carbocycles. The molecule has 0 bridgehead atoms. The summed E-state index contributed by atoms with van der Waals surface area (Å²) in [5.74, 6) is 1.03. The van der Waals surface area contributed by atoms with Crippen molar-refractivity contribution in [2.75, 3.05) is 5.75 Å². The minimum absolute atomic E-state index is 0.00728. The van der Waals surface area contributed by atoms with E-state index in [1.54, 1.807) is 6.20 Å². The van der Waals surface area contributed by atoms with E-state index in [4.69, 9.17) is 5.11 Å². The van der Waals surface area contributed by atoms with Gasteiger partial charge in [0.1, 0.15) is 11.6 Å². The number of carboxylic acid groups (broad SMARTS) is 1. The molecule has 0 fully saturated rings. The molecule has 21 heavy (non-hydrogen) atoms. The number of carbonyl (C=O) groups is 1.